The van der Waals surface area contributed by atoms with Gasteiger partial charge in [-0.25, -0.2) is 17.2 Å². The predicted molar refractivity (Wildman–Crippen MR) is 87.4 cm³/mol. The van der Waals surface area contributed by atoms with Gasteiger partial charge in [0.15, 0.2) is 0 Å². The highest BCUT2D eigenvalue weighted by molar-refractivity contribution is 7.89. The van der Waals surface area contributed by atoms with Gasteiger partial charge in [0.2, 0.25) is 10.0 Å². The van der Waals surface area contributed by atoms with Crippen LogP contribution in [-0.2, 0) is 23.5 Å². The minimum atomic E-state index is -4.03. The van der Waals surface area contributed by atoms with Crippen LogP contribution < -0.4 is 0 Å². The van der Waals surface area contributed by atoms with Crippen LogP contribution in [0.25, 0.3) is 0 Å². The normalized spacial score (nSPS) is 13.6. The minimum absolute atomic E-state index is 0.0384. The van der Waals surface area contributed by atoms with Crippen molar-refractivity contribution in [3.8, 4) is 0 Å². The van der Waals surface area contributed by atoms with Crippen LogP contribution in [0.2, 0.25) is 0 Å². The van der Waals surface area contributed by atoms with Crippen LogP contribution in [0, 0.1) is 6.92 Å². The lowest BCUT2D eigenvalue weighted by atomic mass is 10.1. The van der Waals surface area contributed by atoms with Crippen LogP contribution >= 0.6 is 0 Å². The second-order valence-corrected chi connectivity index (χ2v) is 7.63. The smallest absolute Gasteiger partial charge is 0.255 e. The number of aromatic nitrogens is 2. The highest BCUT2D eigenvalue weighted by atomic mass is 32.2. The van der Waals surface area contributed by atoms with E-state index < -0.39 is 22.5 Å². The summed E-state index contributed by atoms with van der Waals surface area (Å²) in [5.41, 5.74) is 1.31. The average Bonchev–Trinajstić information content (AvgIpc) is 2.88. The van der Waals surface area contributed by atoms with E-state index in [9.17, 15) is 17.2 Å². The number of alkyl halides is 2. The number of sulfonamides is 1. The molecule has 24 heavy (non-hydrogen) atoms. The summed E-state index contributed by atoms with van der Waals surface area (Å²) in [6.45, 7) is 1.59. The number of halogens is 2. The molecule has 0 aliphatic rings. The van der Waals surface area contributed by atoms with Gasteiger partial charge < -0.3 is 0 Å². The Balaban J connectivity index is 2.22. The number of aryl methyl sites for hydroxylation is 2. The first kappa shape index (κ1) is 18.5. The molecule has 0 bridgehead atoms. The summed E-state index contributed by atoms with van der Waals surface area (Å²) < 4.78 is 54.5. The number of hydrogen-bond acceptors (Lipinski definition) is 3. The van der Waals surface area contributed by atoms with Gasteiger partial charge in [0.1, 0.15) is 4.90 Å². The van der Waals surface area contributed by atoms with Gasteiger partial charge in [-0.05, 0) is 25.3 Å². The first-order valence-electron chi connectivity index (χ1n) is 7.54. The quantitative estimate of drug-likeness (QED) is 0.765. The Labute approximate surface area is 141 Å². The molecule has 2 aromatic rings. The Morgan fingerprint density at radius 3 is 2.38 bits per heavy atom. The summed E-state index contributed by atoms with van der Waals surface area (Å²) >= 11 is 0. The van der Waals surface area contributed by atoms with E-state index in [0.717, 1.165) is 9.87 Å². The van der Waals surface area contributed by atoms with Crippen LogP contribution in [0.1, 0.15) is 17.7 Å². The number of rotatable bonds is 7. The molecule has 1 aromatic carbocycles. The molecular formula is C16H21F2N3O2S. The van der Waals surface area contributed by atoms with Crippen molar-refractivity contribution in [2.45, 2.75) is 37.1 Å². The third-order valence-electron chi connectivity index (χ3n) is 4.18. The molecule has 0 aliphatic carbocycles. The molecule has 0 radical (unpaired) electrons. The van der Waals surface area contributed by atoms with E-state index in [0.29, 0.717) is 12.1 Å². The zero-order chi connectivity index (χ0) is 17.9. The Morgan fingerprint density at radius 1 is 1.25 bits per heavy atom. The number of nitrogens with zero attached hydrogens (tertiary/aromatic N) is 3. The SMILES string of the molecule is Cc1c(S(=O)(=O)N(C)C(CCc2ccccc2)C(F)F)cnn1C. The summed E-state index contributed by atoms with van der Waals surface area (Å²) in [5, 5.41) is 3.89. The van der Waals surface area contributed by atoms with Crippen LogP contribution in [0.15, 0.2) is 41.4 Å². The van der Waals surface area contributed by atoms with E-state index in [1.165, 1.54) is 17.9 Å². The molecule has 0 spiro atoms. The second-order valence-electron chi connectivity index (χ2n) is 5.67. The molecular weight excluding hydrogens is 336 g/mol. The maximum absolute atomic E-state index is 13.5. The fourth-order valence-corrected chi connectivity index (χ4v) is 4.04. The Morgan fingerprint density at radius 2 is 1.88 bits per heavy atom. The molecule has 1 heterocycles. The first-order chi connectivity index (χ1) is 11.2. The van der Waals surface area contributed by atoms with E-state index in [2.05, 4.69) is 5.10 Å². The van der Waals surface area contributed by atoms with Crippen molar-refractivity contribution in [3.63, 3.8) is 0 Å². The van der Waals surface area contributed by atoms with Crippen molar-refractivity contribution in [1.29, 1.82) is 0 Å². The van der Waals surface area contributed by atoms with Gasteiger partial charge in [-0.2, -0.15) is 9.40 Å². The molecule has 2 rings (SSSR count). The minimum Gasteiger partial charge on any atom is -0.272 e. The van der Waals surface area contributed by atoms with E-state index in [1.807, 2.05) is 30.3 Å². The van der Waals surface area contributed by atoms with Crippen LogP contribution in [0.5, 0.6) is 0 Å². The van der Waals surface area contributed by atoms with Crippen LogP contribution in [-0.4, -0.2) is 42.0 Å². The first-order valence-corrected chi connectivity index (χ1v) is 8.98. The largest absolute Gasteiger partial charge is 0.272 e. The lowest BCUT2D eigenvalue weighted by molar-refractivity contribution is 0.0658. The Kier molecular flexibility index (Phi) is 5.71. The third kappa shape index (κ3) is 3.81. The summed E-state index contributed by atoms with van der Waals surface area (Å²) in [6.07, 6.45) is -1.16. The van der Waals surface area contributed by atoms with Crippen molar-refractivity contribution in [1.82, 2.24) is 14.1 Å². The van der Waals surface area contributed by atoms with Crippen LogP contribution in [0.4, 0.5) is 8.78 Å². The van der Waals surface area contributed by atoms with E-state index in [-0.39, 0.29) is 11.3 Å². The zero-order valence-electron chi connectivity index (χ0n) is 13.9. The maximum atomic E-state index is 13.5. The van der Waals surface area contributed by atoms with Crippen molar-refractivity contribution in [3.05, 3.63) is 47.8 Å². The van der Waals surface area contributed by atoms with Gasteiger partial charge in [-0.3, -0.25) is 4.68 Å². The molecule has 132 valence electrons. The Bertz CT molecular complexity index is 776. The number of benzene rings is 1. The molecule has 0 fully saturated rings. The molecule has 1 atom stereocenters. The molecule has 0 aliphatic heterocycles. The van der Waals surface area contributed by atoms with E-state index in [4.69, 9.17) is 0 Å². The highest BCUT2D eigenvalue weighted by Gasteiger charge is 2.35. The summed E-state index contributed by atoms with van der Waals surface area (Å²) in [6, 6.07) is 7.77. The molecule has 1 unspecified atom stereocenters. The molecule has 0 N–H and O–H groups in total. The summed E-state index contributed by atoms with van der Waals surface area (Å²) in [4.78, 5) is -0.0436. The third-order valence-corrected chi connectivity index (χ3v) is 6.16. The highest BCUT2D eigenvalue weighted by Crippen LogP contribution is 2.24. The van der Waals surface area contributed by atoms with Crippen molar-refractivity contribution in [2.24, 2.45) is 7.05 Å². The fourth-order valence-electron chi connectivity index (χ4n) is 2.49. The van der Waals surface area contributed by atoms with Gasteiger partial charge in [0, 0.05) is 14.1 Å². The monoisotopic (exact) mass is 357 g/mol. The van der Waals surface area contributed by atoms with Crippen molar-refractivity contribution in [2.75, 3.05) is 7.05 Å². The Hall–Kier alpha value is -1.80. The second kappa shape index (κ2) is 7.40. The fraction of sp³-hybridized carbons (Fsp3) is 0.438. The summed E-state index contributed by atoms with van der Waals surface area (Å²) in [5.74, 6) is 0. The predicted octanol–water partition coefficient (Wildman–Crippen LogP) is 2.62. The lowest BCUT2D eigenvalue weighted by Gasteiger charge is -2.26. The maximum Gasteiger partial charge on any atom is 0.255 e. The molecule has 8 heteroatoms. The number of hydrogen-bond donors (Lipinski definition) is 0. The molecule has 5 nitrogen and oxygen atoms in total. The molecule has 0 amide bonds. The van der Waals surface area contributed by atoms with Gasteiger partial charge >= 0.3 is 0 Å². The topological polar surface area (TPSA) is 55.2 Å². The standard InChI is InChI=1S/C16H21F2N3O2S/c1-12-15(11-19-20(12)2)24(22,23)21(3)14(16(17)18)10-9-13-7-5-4-6-8-13/h4-8,11,14,16H,9-10H2,1-3H3. The molecule has 1 aromatic heterocycles. The van der Waals surface area contributed by atoms with Gasteiger partial charge in [0.05, 0.1) is 17.9 Å². The van der Waals surface area contributed by atoms with E-state index in [1.54, 1.807) is 14.0 Å². The zero-order valence-corrected chi connectivity index (χ0v) is 14.7. The van der Waals surface area contributed by atoms with Crippen LogP contribution in [0.3, 0.4) is 0 Å². The molecule has 0 saturated carbocycles. The van der Waals surface area contributed by atoms with E-state index >= 15 is 0 Å². The average molecular weight is 357 g/mol. The van der Waals surface area contributed by atoms with Gasteiger partial charge in [-0.15, -0.1) is 0 Å². The van der Waals surface area contributed by atoms with Crippen molar-refractivity contribution < 1.29 is 17.2 Å². The van der Waals surface area contributed by atoms with Gasteiger partial charge in [0.25, 0.3) is 6.43 Å². The van der Waals surface area contributed by atoms with Gasteiger partial charge in [-0.1, -0.05) is 30.3 Å². The van der Waals surface area contributed by atoms with Crippen molar-refractivity contribution >= 4 is 10.0 Å². The summed E-state index contributed by atoms with van der Waals surface area (Å²) in [7, 11) is -1.22. The molecule has 0 saturated heterocycles. The lowest BCUT2D eigenvalue weighted by Crippen LogP contribution is -2.42.